The summed E-state index contributed by atoms with van der Waals surface area (Å²) in [4.78, 5) is 12.4. The van der Waals surface area contributed by atoms with Gasteiger partial charge in [0, 0.05) is 22.1 Å². The first-order chi connectivity index (χ1) is 14.5. The maximum atomic E-state index is 12.4. The molecule has 1 N–H and O–H groups in total. The van der Waals surface area contributed by atoms with Gasteiger partial charge in [0.05, 0.1) is 10.8 Å². The lowest BCUT2D eigenvalue weighted by Crippen LogP contribution is -2.14. The van der Waals surface area contributed by atoms with Crippen LogP contribution >= 0.6 is 39.3 Å². The Labute approximate surface area is 190 Å². The summed E-state index contributed by atoms with van der Waals surface area (Å²) in [5.41, 5.74) is 1.41. The van der Waals surface area contributed by atoms with Crippen molar-refractivity contribution in [3.8, 4) is 11.6 Å². The number of nitrogens with one attached hydrogen (secondary N) is 1. The normalized spacial score (nSPS) is 11.0. The molecule has 0 bridgehead atoms. The number of rotatable bonds is 7. The highest BCUT2D eigenvalue weighted by molar-refractivity contribution is 9.10. The van der Waals surface area contributed by atoms with Crippen molar-refractivity contribution in [3.63, 3.8) is 0 Å². The largest absolute Gasteiger partial charge is 0.453 e. The van der Waals surface area contributed by atoms with Crippen LogP contribution in [0.2, 0.25) is 5.02 Å². The second kappa shape index (κ2) is 9.07. The predicted octanol–water partition coefficient (Wildman–Crippen LogP) is 6.02. The van der Waals surface area contributed by atoms with Gasteiger partial charge in [-0.3, -0.25) is 9.36 Å². The van der Waals surface area contributed by atoms with Gasteiger partial charge < -0.3 is 9.73 Å². The Morgan fingerprint density at radius 3 is 2.87 bits per heavy atom. The van der Waals surface area contributed by atoms with Gasteiger partial charge in [-0.1, -0.05) is 47.6 Å². The lowest BCUT2D eigenvalue weighted by atomic mass is 10.2. The minimum atomic E-state index is -0.170. The Kier molecular flexibility index (Phi) is 6.26. The van der Waals surface area contributed by atoms with E-state index in [2.05, 4.69) is 38.0 Å². The molecule has 0 aliphatic rings. The number of hydrogen-bond acceptors (Lipinski definition) is 5. The second-order valence-electron chi connectivity index (χ2n) is 6.32. The lowest BCUT2D eigenvalue weighted by molar-refractivity contribution is -0.113. The van der Waals surface area contributed by atoms with E-state index in [-0.39, 0.29) is 11.7 Å². The number of carbonyl (C=O) groups is 1. The molecule has 1 amide bonds. The molecule has 2 aromatic heterocycles. The molecule has 152 valence electrons. The summed E-state index contributed by atoms with van der Waals surface area (Å²) >= 11 is 10.7. The van der Waals surface area contributed by atoms with Crippen LogP contribution < -0.4 is 5.32 Å². The minimum Gasteiger partial charge on any atom is -0.453 e. The summed E-state index contributed by atoms with van der Waals surface area (Å²) in [6.07, 6.45) is 1.75. The second-order valence-corrected chi connectivity index (χ2v) is 8.52. The van der Waals surface area contributed by atoms with E-state index in [1.807, 2.05) is 34.9 Å². The third-order valence-corrected chi connectivity index (χ3v) is 6.41. The van der Waals surface area contributed by atoms with Crippen LogP contribution in [0.5, 0.6) is 0 Å². The number of hydrogen-bond donors (Lipinski definition) is 1. The lowest BCUT2D eigenvalue weighted by Gasteiger charge is -2.08. The number of allylic oxidation sites excluding steroid dienone is 1. The molecule has 2 heterocycles. The summed E-state index contributed by atoms with van der Waals surface area (Å²) in [5, 5.41) is 13.5. The molecule has 0 aliphatic heterocycles. The Morgan fingerprint density at radius 1 is 1.27 bits per heavy atom. The molecule has 30 heavy (non-hydrogen) atoms. The molecule has 0 saturated heterocycles. The van der Waals surface area contributed by atoms with Crippen LogP contribution in [0.4, 0.5) is 5.69 Å². The minimum absolute atomic E-state index is 0.170. The zero-order valence-corrected chi connectivity index (χ0v) is 18.8. The number of furan rings is 1. The molecule has 0 radical (unpaired) electrons. The van der Waals surface area contributed by atoms with E-state index in [4.69, 9.17) is 16.0 Å². The number of amides is 1. The van der Waals surface area contributed by atoms with Crippen molar-refractivity contribution in [2.45, 2.75) is 11.7 Å². The van der Waals surface area contributed by atoms with Crippen LogP contribution in [0.3, 0.4) is 0 Å². The van der Waals surface area contributed by atoms with Crippen LogP contribution in [0.1, 0.15) is 0 Å². The van der Waals surface area contributed by atoms with Gasteiger partial charge in [0.2, 0.25) is 11.7 Å². The zero-order chi connectivity index (χ0) is 21.1. The Hall–Kier alpha value is -2.55. The molecule has 0 atom stereocenters. The quantitative estimate of drug-likeness (QED) is 0.246. The molecule has 0 aliphatic carbocycles. The third kappa shape index (κ3) is 4.45. The first-order valence-corrected chi connectivity index (χ1v) is 11.1. The van der Waals surface area contributed by atoms with Crippen LogP contribution in [0.15, 0.2) is 75.2 Å². The average molecular weight is 504 g/mol. The molecule has 4 rings (SSSR count). The molecule has 9 heteroatoms. The van der Waals surface area contributed by atoms with Crippen molar-refractivity contribution in [2.75, 3.05) is 11.1 Å². The van der Waals surface area contributed by atoms with Gasteiger partial charge in [0.1, 0.15) is 5.58 Å². The average Bonchev–Trinajstić information content (AvgIpc) is 3.33. The van der Waals surface area contributed by atoms with Gasteiger partial charge >= 0.3 is 0 Å². The standard InChI is InChI=1S/C21H16BrClN4O2S/c1-2-9-27-20(18-10-13-5-3-4-6-17(13)29-18)25-26-21(27)30-12-19(28)24-14-7-8-15(22)16(23)11-14/h2-8,10-11H,1,9,12H2,(H,24,28). The summed E-state index contributed by atoms with van der Waals surface area (Å²) in [5.74, 6) is 1.21. The molecular formula is C21H16BrClN4O2S. The fourth-order valence-corrected chi connectivity index (χ4v) is 4.04. The van der Waals surface area contributed by atoms with E-state index in [0.29, 0.717) is 34.0 Å². The van der Waals surface area contributed by atoms with E-state index < -0.39 is 0 Å². The SMILES string of the molecule is C=CCn1c(SCC(=O)Nc2ccc(Br)c(Cl)c2)nnc1-c1cc2ccccc2o1. The van der Waals surface area contributed by atoms with Gasteiger partial charge in [0.25, 0.3) is 0 Å². The summed E-state index contributed by atoms with van der Waals surface area (Å²) < 4.78 is 8.56. The number of fused-ring (bicyclic) bond motifs is 1. The van der Waals surface area contributed by atoms with Gasteiger partial charge in [-0.15, -0.1) is 16.8 Å². The van der Waals surface area contributed by atoms with Crippen LogP contribution in [0, 0.1) is 0 Å². The molecular weight excluding hydrogens is 488 g/mol. The Balaban J connectivity index is 1.50. The summed E-state index contributed by atoms with van der Waals surface area (Å²) in [7, 11) is 0. The highest BCUT2D eigenvalue weighted by Crippen LogP contribution is 2.30. The topological polar surface area (TPSA) is 73.0 Å². The fourth-order valence-electron chi connectivity index (χ4n) is 2.86. The third-order valence-electron chi connectivity index (χ3n) is 4.21. The van der Waals surface area contributed by atoms with Crippen molar-refractivity contribution in [1.82, 2.24) is 14.8 Å². The molecule has 0 spiro atoms. The van der Waals surface area contributed by atoms with Crippen molar-refractivity contribution in [2.24, 2.45) is 0 Å². The number of halogens is 2. The monoisotopic (exact) mass is 502 g/mol. The molecule has 2 aromatic carbocycles. The van der Waals surface area contributed by atoms with Crippen LogP contribution in [0.25, 0.3) is 22.6 Å². The number of thioether (sulfide) groups is 1. The number of nitrogens with zero attached hydrogens (tertiary/aromatic N) is 3. The predicted molar refractivity (Wildman–Crippen MR) is 124 cm³/mol. The number of carbonyl (C=O) groups excluding carboxylic acids is 1. The van der Waals surface area contributed by atoms with Gasteiger partial charge in [0.15, 0.2) is 10.9 Å². The van der Waals surface area contributed by atoms with Gasteiger partial charge in [-0.05, 0) is 46.3 Å². The van der Waals surface area contributed by atoms with Crippen molar-refractivity contribution >= 4 is 61.9 Å². The number of aromatic nitrogens is 3. The molecule has 6 nitrogen and oxygen atoms in total. The van der Waals surface area contributed by atoms with Crippen molar-refractivity contribution in [1.29, 1.82) is 0 Å². The van der Waals surface area contributed by atoms with E-state index in [9.17, 15) is 4.79 Å². The first-order valence-electron chi connectivity index (χ1n) is 8.96. The fraction of sp³-hybridized carbons (Fsp3) is 0.0952. The first kappa shape index (κ1) is 20.7. The molecule has 0 saturated carbocycles. The smallest absolute Gasteiger partial charge is 0.234 e. The molecule has 0 unspecified atom stereocenters. The van der Waals surface area contributed by atoms with E-state index in [1.54, 1.807) is 24.3 Å². The van der Waals surface area contributed by atoms with Gasteiger partial charge in [-0.2, -0.15) is 0 Å². The van der Waals surface area contributed by atoms with E-state index in [1.165, 1.54) is 11.8 Å². The van der Waals surface area contributed by atoms with Crippen LogP contribution in [-0.4, -0.2) is 26.4 Å². The highest BCUT2D eigenvalue weighted by Gasteiger charge is 2.18. The Morgan fingerprint density at radius 2 is 2.10 bits per heavy atom. The molecule has 4 aromatic rings. The number of benzene rings is 2. The maximum absolute atomic E-state index is 12.4. The Bertz CT molecular complexity index is 1200. The van der Waals surface area contributed by atoms with E-state index >= 15 is 0 Å². The van der Waals surface area contributed by atoms with E-state index in [0.717, 1.165) is 15.4 Å². The van der Waals surface area contributed by atoms with Crippen molar-refractivity contribution in [3.05, 3.63) is 70.7 Å². The van der Waals surface area contributed by atoms with Crippen molar-refractivity contribution < 1.29 is 9.21 Å². The summed E-state index contributed by atoms with van der Waals surface area (Å²) in [6, 6.07) is 14.9. The zero-order valence-electron chi connectivity index (χ0n) is 15.6. The number of para-hydroxylation sites is 1. The maximum Gasteiger partial charge on any atom is 0.234 e. The van der Waals surface area contributed by atoms with Crippen LogP contribution in [-0.2, 0) is 11.3 Å². The number of anilines is 1. The van der Waals surface area contributed by atoms with Gasteiger partial charge in [-0.25, -0.2) is 0 Å². The molecule has 0 fully saturated rings. The highest BCUT2D eigenvalue weighted by atomic mass is 79.9. The summed E-state index contributed by atoms with van der Waals surface area (Å²) in [6.45, 7) is 4.30.